The monoisotopic (exact) mass is 223 g/mol. The lowest BCUT2D eigenvalue weighted by molar-refractivity contribution is 0.0904. The van der Waals surface area contributed by atoms with Crippen molar-refractivity contribution in [1.82, 2.24) is 0 Å². The molecule has 16 heavy (non-hydrogen) atoms. The van der Waals surface area contributed by atoms with E-state index in [1.807, 2.05) is 12.1 Å². The molecule has 1 aromatic carbocycles. The maximum Gasteiger partial charge on any atom is 0.129 e. The average molecular weight is 223 g/mol. The van der Waals surface area contributed by atoms with Gasteiger partial charge in [-0.25, -0.2) is 4.39 Å². The van der Waals surface area contributed by atoms with Crippen molar-refractivity contribution in [3.05, 3.63) is 29.1 Å². The Hall–Kier alpha value is -1.09. The van der Waals surface area contributed by atoms with Crippen molar-refractivity contribution >= 4 is 5.69 Å². The number of hydrogen-bond donors (Lipinski definition) is 1. The van der Waals surface area contributed by atoms with Gasteiger partial charge in [0.05, 0.1) is 0 Å². The third kappa shape index (κ3) is 2.53. The number of ether oxygens (including phenoxy) is 1. The number of aryl methyl sites for hydroxylation is 2. The van der Waals surface area contributed by atoms with Crippen molar-refractivity contribution in [1.29, 1.82) is 0 Å². The molecule has 2 rings (SSSR count). The second kappa shape index (κ2) is 4.83. The van der Waals surface area contributed by atoms with Crippen LogP contribution in [0.4, 0.5) is 10.1 Å². The van der Waals surface area contributed by atoms with Gasteiger partial charge in [0, 0.05) is 24.9 Å². The lowest BCUT2D eigenvalue weighted by atomic mass is 10.1. The van der Waals surface area contributed by atoms with E-state index < -0.39 is 0 Å². The van der Waals surface area contributed by atoms with Crippen molar-refractivity contribution < 1.29 is 9.13 Å². The Labute approximate surface area is 95.8 Å². The van der Waals surface area contributed by atoms with Crippen molar-refractivity contribution in [3.63, 3.8) is 0 Å². The Balaban J connectivity index is 2.09. The molecule has 1 heterocycles. The molecule has 88 valence electrons. The van der Waals surface area contributed by atoms with Crippen LogP contribution in [0.25, 0.3) is 0 Å². The van der Waals surface area contributed by atoms with Crippen molar-refractivity contribution in [3.8, 4) is 0 Å². The van der Waals surface area contributed by atoms with Crippen LogP contribution in [-0.2, 0) is 4.74 Å². The highest BCUT2D eigenvalue weighted by Gasteiger charge is 2.14. The molecule has 0 bridgehead atoms. The van der Waals surface area contributed by atoms with Crippen LogP contribution >= 0.6 is 0 Å². The Morgan fingerprint density at radius 1 is 1.19 bits per heavy atom. The fourth-order valence-electron chi connectivity index (χ4n) is 2.11. The molecule has 0 unspecified atom stereocenters. The van der Waals surface area contributed by atoms with Gasteiger partial charge in [0.15, 0.2) is 0 Å². The molecule has 0 atom stereocenters. The lowest BCUT2D eigenvalue weighted by Gasteiger charge is -2.24. The minimum Gasteiger partial charge on any atom is -0.382 e. The maximum atomic E-state index is 13.4. The molecule has 1 aromatic rings. The Bertz CT molecular complexity index is 349. The fraction of sp³-hybridized carbons (Fsp3) is 0.538. The van der Waals surface area contributed by atoms with E-state index in [1.54, 1.807) is 13.8 Å². The summed E-state index contributed by atoms with van der Waals surface area (Å²) >= 11 is 0. The molecule has 0 radical (unpaired) electrons. The van der Waals surface area contributed by atoms with Crippen LogP contribution < -0.4 is 5.32 Å². The van der Waals surface area contributed by atoms with Gasteiger partial charge in [0.2, 0.25) is 0 Å². The molecule has 2 nitrogen and oxygen atoms in total. The van der Waals surface area contributed by atoms with E-state index in [2.05, 4.69) is 5.32 Å². The zero-order valence-electron chi connectivity index (χ0n) is 9.85. The standard InChI is InChI=1S/C13H18FNO/c1-9-7-12(8-10(2)13(9)14)15-11-3-5-16-6-4-11/h7-8,11,15H,3-6H2,1-2H3. The van der Waals surface area contributed by atoms with Gasteiger partial charge >= 0.3 is 0 Å². The first-order chi connectivity index (χ1) is 7.66. The predicted octanol–water partition coefficient (Wildman–Crippen LogP) is 3.03. The zero-order valence-corrected chi connectivity index (χ0v) is 9.85. The highest BCUT2D eigenvalue weighted by molar-refractivity contribution is 5.49. The normalized spacial score (nSPS) is 17.4. The molecular weight excluding hydrogens is 205 g/mol. The third-order valence-corrected chi connectivity index (χ3v) is 3.03. The molecular formula is C13H18FNO. The van der Waals surface area contributed by atoms with Crippen molar-refractivity contribution in [2.45, 2.75) is 32.7 Å². The third-order valence-electron chi connectivity index (χ3n) is 3.03. The summed E-state index contributed by atoms with van der Waals surface area (Å²) in [5.74, 6) is -0.0995. The van der Waals surface area contributed by atoms with Gasteiger partial charge in [0.1, 0.15) is 5.82 Å². The molecule has 1 fully saturated rings. The molecule has 0 aromatic heterocycles. The Kier molecular flexibility index (Phi) is 3.44. The van der Waals surface area contributed by atoms with Crippen LogP contribution in [0.15, 0.2) is 12.1 Å². The number of halogens is 1. The molecule has 1 saturated heterocycles. The van der Waals surface area contributed by atoms with Crippen LogP contribution in [-0.4, -0.2) is 19.3 Å². The van der Waals surface area contributed by atoms with Gasteiger partial charge in [-0.3, -0.25) is 0 Å². The van der Waals surface area contributed by atoms with Crippen molar-refractivity contribution in [2.24, 2.45) is 0 Å². The average Bonchev–Trinajstić information content (AvgIpc) is 2.27. The minimum atomic E-state index is -0.0995. The summed E-state index contributed by atoms with van der Waals surface area (Å²) in [6, 6.07) is 4.20. The van der Waals surface area contributed by atoms with E-state index in [0.29, 0.717) is 17.2 Å². The van der Waals surface area contributed by atoms with Gasteiger partial charge in [-0.2, -0.15) is 0 Å². The second-order valence-electron chi connectivity index (χ2n) is 4.46. The molecule has 0 amide bonds. The first-order valence-electron chi connectivity index (χ1n) is 5.78. The summed E-state index contributed by atoms with van der Waals surface area (Å²) < 4.78 is 18.7. The van der Waals surface area contributed by atoms with E-state index >= 15 is 0 Å². The van der Waals surface area contributed by atoms with Gasteiger partial charge < -0.3 is 10.1 Å². The smallest absolute Gasteiger partial charge is 0.129 e. The van der Waals surface area contributed by atoms with Crippen LogP contribution in [0, 0.1) is 19.7 Å². The molecule has 0 saturated carbocycles. The van der Waals surface area contributed by atoms with Gasteiger partial charge in [-0.05, 0) is 49.9 Å². The number of rotatable bonds is 2. The number of hydrogen-bond acceptors (Lipinski definition) is 2. The van der Waals surface area contributed by atoms with Gasteiger partial charge in [-0.15, -0.1) is 0 Å². The SMILES string of the molecule is Cc1cc(NC2CCOCC2)cc(C)c1F. The first kappa shape index (κ1) is 11.4. The van der Waals surface area contributed by atoms with Crippen molar-refractivity contribution in [2.75, 3.05) is 18.5 Å². The Morgan fingerprint density at radius 3 is 2.31 bits per heavy atom. The molecule has 1 aliphatic heterocycles. The van der Waals surface area contributed by atoms with E-state index in [0.717, 1.165) is 31.7 Å². The molecule has 1 aliphatic rings. The molecule has 0 aliphatic carbocycles. The first-order valence-corrected chi connectivity index (χ1v) is 5.78. The summed E-state index contributed by atoms with van der Waals surface area (Å²) in [4.78, 5) is 0. The van der Waals surface area contributed by atoms with E-state index in [4.69, 9.17) is 4.74 Å². The summed E-state index contributed by atoms with van der Waals surface area (Å²) in [6.07, 6.45) is 2.05. The lowest BCUT2D eigenvalue weighted by Crippen LogP contribution is -2.27. The number of anilines is 1. The minimum absolute atomic E-state index is 0.0995. The molecule has 0 spiro atoms. The van der Waals surface area contributed by atoms with E-state index in [1.165, 1.54) is 0 Å². The summed E-state index contributed by atoms with van der Waals surface area (Å²) in [6.45, 7) is 5.24. The highest BCUT2D eigenvalue weighted by atomic mass is 19.1. The topological polar surface area (TPSA) is 21.3 Å². The number of benzene rings is 1. The number of nitrogens with one attached hydrogen (secondary N) is 1. The summed E-state index contributed by atoms with van der Waals surface area (Å²) in [5, 5.41) is 3.44. The second-order valence-corrected chi connectivity index (χ2v) is 4.46. The Morgan fingerprint density at radius 2 is 1.75 bits per heavy atom. The summed E-state index contributed by atoms with van der Waals surface area (Å²) in [7, 11) is 0. The van der Waals surface area contributed by atoms with Crippen LogP contribution in [0.1, 0.15) is 24.0 Å². The van der Waals surface area contributed by atoms with Crippen LogP contribution in [0.5, 0.6) is 0 Å². The van der Waals surface area contributed by atoms with Crippen LogP contribution in [0.3, 0.4) is 0 Å². The van der Waals surface area contributed by atoms with Gasteiger partial charge in [-0.1, -0.05) is 0 Å². The van der Waals surface area contributed by atoms with Crippen LogP contribution in [0.2, 0.25) is 0 Å². The summed E-state index contributed by atoms with van der Waals surface area (Å²) in [5.41, 5.74) is 2.42. The largest absolute Gasteiger partial charge is 0.382 e. The van der Waals surface area contributed by atoms with E-state index in [-0.39, 0.29) is 5.82 Å². The molecule has 1 N–H and O–H groups in total. The highest BCUT2D eigenvalue weighted by Crippen LogP contribution is 2.21. The zero-order chi connectivity index (χ0) is 11.5. The predicted molar refractivity (Wildman–Crippen MR) is 63.3 cm³/mol. The fourth-order valence-corrected chi connectivity index (χ4v) is 2.11. The molecule has 3 heteroatoms. The van der Waals surface area contributed by atoms with E-state index in [9.17, 15) is 4.39 Å². The quantitative estimate of drug-likeness (QED) is 0.832. The van der Waals surface area contributed by atoms with Gasteiger partial charge in [0.25, 0.3) is 0 Å². The maximum absolute atomic E-state index is 13.4.